The van der Waals surface area contributed by atoms with Crippen molar-refractivity contribution in [1.82, 2.24) is 0 Å². The van der Waals surface area contributed by atoms with Gasteiger partial charge in [-0.2, -0.15) is 0 Å². The van der Waals surface area contributed by atoms with E-state index in [2.05, 4.69) is 0 Å². The largest absolute Gasteiger partial charge is 0.203 e. The molecule has 0 N–H and O–H groups in total. The van der Waals surface area contributed by atoms with Crippen molar-refractivity contribution >= 4 is 23.2 Å². The minimum absolute atomic E-state index is 0.00596. The van der Waals surface area contributed by atoms with Crippen LogP contribution in [0.2, 0.25) is 10.0 Å². The first-order valence-electron chi connectivity index (χ1n) is 4.80. The molecule has 0 atom stereocenters. The molecule has 0 fully saturated rings. The van der Waals surface area contributed by atoms with Crippen molar-refractivity contribution < 1.29 is 22.0 Å². The minimum Gasteiger partial charge on any atom is -0.203 e. The quantitative estimate of drug-likeness (QED) is 0.378. The van der Waals surface area contributed by atoms with E-state index >= 15 is 0 Å². The van der Waals surface area contributed by atoms with Crippen molar-refractivity contribution in [2.75, 3.05) is 0 Å². The highest BCUT2D eigenvalue weighted by molar-refractivity contribution is 6.35. The highest BCUT2D eigenvalue weighted by Gasteiger charge is 2.26. The van der Waals surface area contributed by atoms with E-state index in [0.29, 0.717) is 0 Å². The van der Waals surface area contributed by atoms with Crippen molar-refractivity contribution in [1.29, 1.82) is 0 Å². The zero-order valence-corrected chi connectivity index (χ0v) is 10.4. The second kappa shape index (κ2) is 4.98. The molecule has 19 heavy (non-hydrogen) atoms. The van der Waals surface area contributed by atoms with Crippen molar-refractivity contribution in [2.24, 2.45) is 0 Å². The van der Waals surface area contributed by atoms with Crippen LogP contribution in [0.1, 0.15) is 0 Å². The lowest BCUT2D eigenvalue weighted by molar-refractivity contribution is 0.381. The summed E-state index contributed by atoms with van der Waals surface area (Å²) in [5.74, 6) is -10.1. The van der Waals surface area contributed by atoms with Crippen LogP contribution in [0.3, 0.4) is 0 Å². The molecule has 0 nitrogen and oxygen atoms in total. The molecule has 0 radical (unpaired) electrons. The topological polar surface area (TPSA) is 0 Å². The summed E-state index contributed by atoms with van der Waals surface area (Å²) < 4.78 is 66.1. The van der Waals surface area contributed by atoms with Gasteiger partial charge in [0.05, 0.1) is 5.56 Å². The van der Waals surface area contributed by atoms with Gasteiger partial charge in [-0.25, -0.2) is 22.0 Å². The van der Waals surface area contributed by atoms with E-state index in [9.17, 15) is 22.0 Å². The van der Waals surface area contributed by atoms with Crippen LogP contribution in [0.15, 0.2) is 18.2 Å². The van der Waals surface area contributed by atoms with Gasteiger partial charge in [-0.05, 0) is 23.8 Å². The summed E-state index contributed by atoms with van der Waals surface area (Å²) in [6, 6.07) is 3.36. The lowest BCUT2D eigenvalue weighted by Crippen LogP contribution is -2.04. The van der Waals surface area contributed by atoms with Crippen molar-refractivity contribution in [3.05, 3.63) is 57.3 Å². The maximum Gasteiger partial charge on any atom is 0.200 e. The van der Waals surface area contributed by atoms with Gasteiger partial charge >= 0.3 is 0 Å². The molecule has 0 amide bonds. The van der Waals surface area contributed by atoms with Crippen molar-refractivity contribution in [3.63, 3.8) is 0 Å². The van der Waals surface area contributed by atoms with E-state index < -0.39 is 34.6 Å². The molecule has 0 spiro atoms. The number of rotatable bonds is 1. The maximum absolute atomic E-state index is 13.5. The SMILES string of the molecule is Fc1c(F)c(F)c(-c2cc(Cl)cc(Cl)c2)c(F)c1F. The Labute approximate surface area is 114 Å². The average Bonchev–Trinajstić information content (AvgIpc) is 2.33. The van der Waals surface area contributed by atoms with Crippen LogP contribution < -0.4 is 0 Å². The molecule has 0 heterocycles. The molecule has 0 aliphatic carbocycles. The molecule has 2 aromatic carbocycles. The van der Waals surface area contributed by atoms with E-state index in [4.69, 9.17) is 23.2 Å². The highest BCUT2D eigenvalue weighted by atomic mass is 35.5. The fourth-order valence-corrected chi connectivity index (χ4v) is 2.08. The Balaban J connectivity index is 2.82. The van der Waals surface area contributed by atoms with Gasteiger partial charge in [-0.1, -0.05) is 23.2 Å². The molecule has 0 unspecified atom stereocenters. The summed E-state index contributed by atoms with van der Waals surface area (Å²) >= 11 is 11.2. The molecule has 0 saturated heterocycles. The number of halogens is 7. The highest BCUT2D eigenvalue weighted by Crippen LogP contribution is 2.34. The monoisotopic (exact) mass is 312 g/mol. The summed E-state index contributed by atoms with van der Waals surface area (Å²) in [5, 5.41) is 0.0119. The van der Waals surface area contributed by atoms with E-state index in [1.165, 1.54) is 6.07 Å². The number of hydrogen-bond acceptors (Lipinski definition) is 0. The van der Waals surface area contributed by atoms with Crippen molar-refractivity contribution in [2.45, 2.75) is 0 Å². The molecular weight excluding hydrogens is 310 g/mol. The molecule has 0 saturated carbocycles. The molecule has 2 rings (SSSR count). The van der Waals surface area contributed by atoms with Gasteiger partial charge in [0.25, 0.3) is 0 Å². The summed E-state index contributed by atoms with van der Waals surface area (Å²) in [7, 11) is 0. The van der Waals surface area contributed by atoms with E-state index in [-0.39, 0.29) is 15.6 Å². The average molecular weight is 313 g/mol. The smallest absolute Gasteiger partial charge is 0.200 e. The standard InChI is InChI=1S/C12H3Cl2F5/c13-5-1-4(2-6(14)3-5)7-8(15)10(17)12(19)11(18)9(7)16/h1-3H. The summed E-state index contributed by atoms with van der Waals surface area (Å²) in [4.78, 5) is 0. The Morgan fingerprint density at radius 2 is 0.947 bits per heavy atom. The predicted octanol–water partition coefficient (Wildman–Crippen LogP) is 5.36. The lowest BCUT2D eigenvalue weighted by atomic mass is 10.0. The number of benzene rings is 2. The molecular formula is C12H3Cl2F5. The van der Waals surface area contributed by atoms with E-state index in [1.807, 2.05) is 0 Å². The second-order valence-electron chi connectivity index (χ2n) is 3.60. The van der Waals surface area contributed by atoms with Crippen LogP contribution >= 0.6 is 23.2 Å². The Bertz CT molecular complexity index is 620. The number of hydrogen-bond donors (Lipinski definition) is 0. The normalized spacial score (nSPS) is 10.9. The van der Waals surface area contributed by atoms with Gasteiger partial charge in [0.1, 0.15) is 0 Å². The summed E-state index contributed by atoms with van der Waals surface area (Å²) in [6.07, 6.45) is 0. The van der Waals surface area contributed by atoms with Crippen LogP contribution in [-0.2, 0) is 0 Å². The van der Waals surface area contributed by atoms with Gasteiger partial charge in [0, 0.05) is 10.0 Å². The molecule has 0 aromatic heterocycles. The molecule has 0 aliphatic heterocycles. The Morgan fingerprint density at radius 3 is 1.37 bits per heavy atom. The fourth-order valence-electron chi connectivity index (χ4n) is 1.56. The van der Waals surface area contributed by atoms with Crippen LogP contribution in [-0.4, -0.2) is 0 Å². The molecule has 7 heteroatoms. The van der Waals surface area contributed by atoms with Crippen LogP contribution in [0, 0.1) is 29.1 Å². The third-order valence-corrected chi connectivity index (χ3v) is 2.80. The third-order valence-electron chi connectivity index (χ3n) is 2.36. The Hall–Kier alpha value is -1.33. The van der Waals surface area contributed by atoms with Gasteiger partial charge in [0.2, 0.25) is 5.82 Å². The van der Waals surface area contributed by atoms with E-state index in [0.717, 1.165) is 12.1 Å². The zero-order chi connectivity index (χ0) is 14.3. The third kappa shape index (κ3) is 2.40. The van der Waals surface area contributed by atoms with Crippen molar-refractivity contribution in [3.8, 4) is 11.1 Å². The first-order valence-corrected chi connectivity index (χ1v) is 5.56. The Kier molecular flexibility index (Phi) is 3.69. The van der Waals surface area contributed by atoms with Crippen LogP contribution in [0.5, 0.6) is 0 Å². The predicted molar refractivity (Wildman–Crippen MR) is 61.7 cm³/mol. The maximum atomic E-state index is 13.5. The van der Waals surface area contributed by atoms with Gasteiger partial charge in [-0.3, -0.25) is 0 Å². The lowest BCUT2D eigenvalue weighted by Gasteiger charge is -2.09. The van der Waals surface area contributed by atoms with Gasteiger partial charge in [0.15, 0.2) is 23.3 Å². The minimum atomic E-state index is -2.22. The zero-order valence-electron chi connectivity index (χ0n) is 8.88. The molecule has 0 aliphatic rings. The summed E-state index contributed by atoms with van der Waals surface area (Å²) in [5.41, 5.74) is -1.37. The summed E-state index contributed by atoms with van der Waals surface area (Å²) in [6.45, 7) is 0. The van der Waals surface area contributed by atoms with Crippen LogP contribution in [0.25, 0.3) is 11.1 Å². The first-order chi connectivity index (χ1) is 8.82. The first kappa shape index (κ1) is 14.1. The fraction of sp³-hybridized carbons (Fsp3) is 0. The molecule has 0 bridgehead atoms. The Morgan fingerprint density at radius 1 is 0.579 bits per heavy atom. The van der Waals surface area contributed by atoms with Crippen LogP contribution in [0.4, 0.5) is 22.0 Å². The van der Waals surface area contributed by atoms with E-state index in [1.54, 1.807) is 0 Å². The molecule has 100 valence electrons. The second-order valence-corrected chi connectivity index (χ2v) is 4.48. The molecule has 2 aromatic rings. The van der Waals surface area contributed by atoms with Gasteiger partial charge in [-0.15, -0.1) is 0 Å². The van der Waals surface area contributed by atoms with Gasteiger partial charge < -0.3 is 0 Å².